The van der Waals surface area contributed by atoms with Gasteiger partial charge in [-0.2, -0.15) is 5.10 Å². The molecular formula is C23H21FN4O2. The van der Waals surface area contributed by atoms with Gasteiger partial charge in [-0.1, -0.05) is 12.1 Å². The summed E-state index contributed by atoms with van der Waals surface area (Å²) in [7, 11) is 1.65. The second-order valence-electron chi connectivity index (χ2n) is 7.54. The van der Waals surface area contributed by atoms with Crippen molar-refractivity contribution in [2.45, 2.75) is 19.4 Å². The Bertz CT molecular complexity index is 1240. The monoisotopic (exact) mass is 404 g/mol. The molecule has 5 rings (SSSR count). The first kappa shape index (κ1) is 18.4. The molecule has 0 bridgehead atoms. The number of aromatic nitrogens is 3. The smallest absolute Gasteiger partial charge is 0.275 e. The van der Waals surface area contributed by atoms with Crippen LogP contribution in [-0.2, 0) is 6.42 Å². The minimum atomic E-state index is -0.300. The molecule has 1 atom stereocenters. The largest absolute Gasteiger partial charge is 0.497 e. The number of carbonyl (C=O) groups excluding carboxylic acids is 1. The van der Waals surface area contributed by atoms with Crippen LogP contribution in [0.4, 0.5) is 4.39 Å². The fraction of sp³-hybridized carbons (Fsp3) is 0.217. The van der Waals surface area contributed by atoms with Gasteiger partial charge in [-0.05, 0) is 54.8 Å². The fourth-order valence-corrected chi connectivity index (χ4v) is 4.30. The van der Waals surface area contributed by atoms with Crippen molar-refractivity contribution in [3.8, 4) is 5.75 Å². The highest BCUT2D eigenvalue weighted by Gasteiger charge is 2.41. The molecule has 7 heteroatoms. The Kier molecular flexibility index (Phi) is 4.31. The van der Waals surface area contributed by atoms with Gasteiger partial charge in [-0.25, -0.2) is 4.39 Å². The maximum atomic E-state index is 13.5. The van der Waals surface area contributed by atoms with Crippen LogP contribution < -0.4 is 4.74 Å². The van der Waals surface area contributed by atoms with Gasteiger partial charge in [0.1, 0.15) is 11.6 Å². The summed E-state index contributed by atoms with van der Waals surface area (Å²) in [6.45, 7) is 2.42. The van der Waals surface area contributed by atoms with Crippen LogP contribution in [0.3, 0.4) is 0 Å². The first-order valence-corrected chi connectivity index (χ1v) is 9.82. The average Bonchev–Trinajstić information content (AvgIpc) is 3.41. The Morgan fingerprint density at radius 1 is 1.20 bits per heavy atom. The number of nitrogens with zero attached hydrogens (tertiary/aromatic N) is 2. The number of fused-ring (bicyclic) bond motifs is 2. The predicted molar refractivity (Wildman–Crippen MR) is 111 cm³/mol. The van der Waals surface area contributed by atoms with E-state index in [1.165, 1.54) is 12.1 Å². The average molecular weight is 404 g/mol. The van der Waals surface area contributed by atoms with Gasteiger partial charge in [-0.3, -0.25) is 9.89 Å². The van der Waals surface area contributed by atoms with Crippen molar-refractivity contribution in [1.82, 2.24) is 20.1 Å². The Balaban J connectivity index is 1.48. The summed E-state index contributed by atoms with van der Waals surface area (Å²) in [4.78, 5) is 18.2. The molecule has 4 aromatic rings. The van der Waals surface area contributed by atoms with Gasteiger partial charge in [0.25, 0.3) is 5.91 Å². The van der Waals surface area contributed by atoms with Gasteiger partial charge in [0.15, 0.2) is 5.69 Å². The molecule has 2 N–H and O–H groups in total. The van der Waals surface area contributed by atoms with Crippen molar-refractivity contribution in [2.24, 2.45) is 0 Å². The van der Waals surface area contributed by atoms with E-state index in [4.69, 9.17) is 4.74 Å². The summed E-state index contributed by atoms with van der Waals surface area (Å²) in [5, 5.41) is 8.22. The molecule has 6 nitrogen and oxygen atoms in total. The van der Waals surface area contributed by atoms with E-state index in [1.54, 1.807) is 19.2 Å². The molecule has 0 unspecified atom stereocenters. The van der Waals surface area contributed by atoms with Crippen molar-refractivity contribution < 1.29 is 13.9 Å². The van der Waals surface area contributed by atoms with Crippen LogP contribution >= 0.6 is 0 Å². The number of benzene rings is 2. The fourth-order valence-electron chi connectivity index (χ4n) is 4.30. The van der Waals surface area contributed by atoms with Crippen molar-refractivity contribution in [2.75, 3.05) is 13.7 Å². The first-order chi connectivity index (χ1) is 14.6. The molecule has 0 saturated heterocycles. The van der Waals surface area contributed by atoms with E-state index in [-0.39, 0.29) is 17.8 Å². The predicted octanol–water partition coefficient (Wildman–Crippen LogP) is 4.14. The molecule has 1 amide bonds. The molecule has 1 aliphatic rings. The highest BCUT2D eigenvalue weighted by atomic mass is 19.1. The Morgan fingerprint density at radius 3 is 2.77 bits per heavy atom. The number of amides is 1. The lowest BCUT2D eigenvalue weighted by Gasteiger charge is -2.26. The molecule has 3 heterocycles. The normalized spacial score (nSPS) is 15.8. The number of methoxy groups -OCH3 is 1. The lowest BCUT2D eigenvalue weighted by atomic mass is 9.99. The number of carbonyl (C=O) groups is 1. The SMILES string of the molecule is COc1ccc2[nH]cc(CCN3C(=O)c4n[nH]c(C)c4[C@@H]3c3ccc(F)cc3)c2c1. The number of halogens is 1. The number of aromatic amines is 2. The van der Waals surface area contributed by atoms with Crippen LogP contribution in [0.5, 0.6) is 5.75 Å². The quantitative estimate of drug-likeness (QED) is 0.525. The zero-order valence-corrected chi connectivity index (χ0v) is 16.7. The Morgan fingerprint density at radius 2 is 2.00 bits per heavy atom. The van der Waals surface area contributed by atoms with Crippen LogP contribution in [-0.4, -0.2) is 39.6 Å². The van der Waals surface area contributed by atoms with Crippen LogP contribution in [0.25, 0.3) is 10.9 Å². The Hall–Kier alpha value is -3.61. The number of H-pyrrole nitrogens is 2. The number of hydrogen-bond donors (Lipinski definition) is 2. The van der Waals surface area contributed by atoms with Crippen LogP contribution in [0.15, 0.2) is 48.7 Å². The third-order valence-electron chi connectivity index (χ3n) is 5.83. The molecule has 0 radical (unpaired) electrons. The molecular weight excluding hydrogens is 383 g/mol. The number of hydrogen-bond acceptors (Lipinski definition) is 3. The zero-order chi connectivity index (χ0) is 20.8. The zero-order valence-electron chi connectivity index (χ0n) is 16.7. The lowest BCUT2D eigenvalue weighted by Crippen LogP contribution is -2.31. The maximum Gasteiger partial charge on any atom is 0.275 e. The van der Waals surface area contributed by atoms with Gasteiger partial charge in [0.05, 0.1) is 13.2 Å². The van der Waals surface area contributed by atoms with Gasteiger partial charge >= 0.3 is 0 Å². The summed E-state index contributed by atoms with van der Waals surface area (Å²) in [5.41, 5.74) is 5.17. The first-order valence-electron chi connectivity index (χ1n) is 9.82. The van der Waals surface area contributed by atoms with E-state index >= 15 is 0 Å². The lowest BCUT2D eigenvalue weighted by molar-refractivity contribution is 0.0745. The second kappa shape index (κ2) is 7.02. The Labute approximate surface area is 172 Å². The molecule has 2 aromatic heterocycles. The van der Waals surface area contributed by atoms with Gasteiger partial charge in [0, 0.05) is 34.9 Å². The number of rotatable bonds is 5. The van der Waals surface area contributed by atoms with E-state index in [1.807, 2.05) is 36.2 Å². The third-order valence-corrected chi connectivity index (χ3v) is 5.83. The molecule has 2 aromatic carbocycles. The highest BCUT2D eigenvalue weighted by molar-refractivity contribution is 5.98. The number of nitrogens with one attached hydrogen (secondary N) is 2. The standard InChI is InChI=1S/C23H21FN4O2/c1-13-20-21(27-26-13)23(29)28(22(20)14-3-5-16(24)6-4-14)10-9-15-12-25-19-8-7-17(30-2)11-18(15)19/h3-8,11-12,22,25H,9-10H2,1-2H3,(H,26,27)/t22-/m0/s1. The van der Waals surface area contributed by atoms with E-state index in [2.05, 4.69) is 15.2 Å². The molecule has 1 aliphatic heterocycles. The minimum absolute atomic E-state index is 0.110. The van der Waals surface area contributed by atoms with Crippen LogP contribution in [0.1, 0.15) is 38.9 Å². The van der Waals surface area contributed by atoms with Crippen molar-refractivity contribution >= 4 is 16.8 Å². The third kappa shape index (κ3) is 2.85. The van der Waals surface area contributed by atoms with Crippen molar-refractivity contribution in [1.29, 1.82) is 0 Å². The topological polar surface area (TPSA) is 74.0 Å². The molecule has 152 valence electrons. The highest BCUT2D eigenvalue weighted by Crippen LogP contribution is 2.39. The summed E-state index contributed by atoms with van der Waals surface area (Å²) in [6.07, 6.45) is 2.64. The summed E-state index contributed by atoms with van der Waals surface area (Å²) >= 11 is 0. The van der Waals surface area contributed by atoms with Crippen molar-refractivity contribution in [3.05, 3.63) is 82.6 Å². The second-order valence-corrected chi connectivity index (χ2v) is 7.54. The van der Waals surface area contributed by atoms with E-state index in [9.17, 15) is 9.18 Å². The molecule has 0 saturated carbocycles. The van der Waals surface area contributed by atoms with Gasteiger partial charge < -0.3 is 14.6 Å². The molecule has 30 heavy (non-hydrogen) atoms. The van der Waals surface area contributed by atoms with Crippen LogP contribution in [0.2, 0.25) is 0 Å². The summed E-state index contributed by atoms with van der Waals surface area (Å²) < 4.78 is 18.8. The van der Waals surface area contributed by atoms with Gasteiger partial charge in [-0.15, -0.1) is 0 Å². The maximum absolute atomic E-state index is 13.5. The van der Waals surface area contributed by atoms with Crippen molar-refractivity contribution in [3.63, 3.8) is 0 Å². The van der Waals surface area contributed by atoms with Gasteiger partial charge in [0.2, 0.25) is 0 Å². The summed E-state index contributed by atoms with van der Waals surface area (Å²) in [6, 6.07) is 11.9. The number of ether oxygens (including phenoxy) is 1. The minimum Gasteiger partial charge on any atom is -0.497 e. The molecule has 0 spiro atoms. The molecule has 0 aliphatic carbocycles. The van der Waals surface area contributed by atoms with E-state index in [0.29, 0.717) is 18.7 Å². The molecule has 0 fully saturated rings. The van der Waals surface area contributed by atoms with Crippen LogP contribution in [0, 0.1) is 12.7 Å². The van der Waals surface area contributed by atoms with E-state index in [0.717, 1.165) is 39.0 Å². The summed E-state index contributed by atoms with van der Waals surface area (Å²) in [5.74, 6) is 0.383. The number of aryl methyl sites for hydroxylation is 1. The van der Waals surface area contributed by atoms with E-state index < -0.39 is 0 Å².